The fraction of sp³-hybridized carbons (Fsp3) is 0.706. The van der Waals surface area contributed by atoms with Crippen LogP contribution < -0.4 is 0 Å². The maximum absolute atomic E-state index is 11.0. The van der Waals surface area contributed by atoms with Gasteiger partial charge in [0.25, 0.3) is 0 Å². The van der Waals surface area contributed by atoms with E-state index in [1.54, 1.807) is 11.1 Å². The predicted octanol–water partition coefficient (Wildman–Crippen LogP) is 4.68. The smallest absolute Gasteiger partial charge is 0.127 e. The van der Waals surface area contributed by atoms with Crippen LogP contribution in [0, 0.1) is 17.3 Å². The molecular weight excluding hydrogens is 220 g/mol. The Morgan fingerprint density at radius 3 is 2.56 bits per heavy atom. The molecule has 0 saturated carbocycles. The lowest BCUT2D eigenvalue weighted by molar-refractivity contribution is -0.110. The summed E-state index contributed by atoms with van der Waals surface area (Å²) in [6.07, 6.45) is 9.57. The van der Waals surface area contributed by atoms with Crippen molar-refractivity contribution in [3.63, 3.8) is 0 Å². The zero-order valence-electron chi connectivity index (χ0n) is 12.3. The molecule has 0 aliphatic heterocycles. The summed E-state index contributed by atoms with van der Waals surface area (Å²) in [5.74, 6) is 0.755. The largest absolute Gasteiger partial charge is 0.303 e. The Balaban J connectivity index is 2.32. The van der Waals surface area contributed by atoms with Gasteiger partial charge in [0.1, 0.15) is 6.29 Å². The molecule has 0 aromatic carbocycles. The minimum Gasteiger partial charge on any atom is -0.303 e. The summed E-state index contributed by atoms with van der Waals surface area (Å²) in [6.45, 7) is 9.21. The number of allylic oxidation sites excluding steroid dienone is 4. The Kier molecular flexibility index (Phi) is 3.79. The Bertz CT molecular complexity index is 398. The Hall–Kier alpha value is -0.850. The standard InChI is InChI=1S/C17H26O/c1-12-6-5-9-17(3,4)16(12)14-7-8-15(11-18)13(2)10-14/h10-11,14-15H,5-9H2,1-4H3. The first kappa shape index (κ1) is 13.6. The van der Waals surface area contributed by atoms with Gasteiger partial charge in [0.15, 0.2) is 0 Å². The van der Waals surface area contributed by atoms with Gasteiger partial charge in [-0.15, -0.1) is 0 Å². The van der Waals surface area contributed by atoms with Gasteiger partial charge in [-0.1, -0.05) is 36.6 Å². The average Bonchev–Trinajstić information content (AvgIpc) is 2.28. The Morgan fingerprint density at radius 1 is 1.28 bits per heavy atom. The maximum Gasteiger partial charge on any atom is 0.127 e. The summed E-state index contributed by atoms with van der Waals surface area (Å²) >= 11 is 0. The third-order valence-electron chi connectivity index (χ3n) is 4.92. The van der Waals surface area contributed by atoms with E-state index in [1.807, 2.05) is 0 Å². The molecule has 2 aliphatic carbocycles. The SMILES string of the molecule is CC1=CC(C2=C(C)CCCC2(C)C)CCC1C=O. The van der Waals surface area contributed by atoms with E-state index in [0.717, 1.165) is 19.1 Å². The molecule has 0 N–H and O–H groups in total. The van der Waals surface area contributed by atoms with Crippen molar-refractivity contribution in [1.82, 2.24) is 0 Å². The van der Waals surface area contributed by atoms with Crippen molar-refractivity contribution in [3.05, 3.63) is 22.8 Å². The molecule has 1 nitrogen and oxygen atoms in total. The van der Waals surface area contributed by atoms with E-state index < -0.39 is 0 Å². The monoisotopic (exact) mass is 246 g/mol. The quantitative estimate of drug-likeness (QED) is 0.510. The van der Waals surface area contributed by atoms with Crippen LogP contribution in [-0.2, 0) is 4.79 Å². The molecule has 0 radical (unpaired) electrons. The van der Waals surface area contributed by atoms with Gasteiger partial charge in [0.2, 0.25) is 0 Å². The molecule has 0 aromatic heterocycles. The highest BCUT2D eigenvalue weighted by Gasteiger charge is 2.34. The fourth-order valence-corrected chi connectivity index (χ4v) is 3.97. The van der Waals surface area contributed by atoms with Crippen molar-refractivity contribution < 1.29 is 4.79 Å². The van der Waals surface area contributed by atoms with Crippen molar-refractivity contribution in [2.45, 2.75) is 59.8 Å². The van der Waals surface area contributed by atoms with Crippen LogP contribution in [0.25, 0.3) is 0 Å². The van der Waals surface area contributed by atoms with Crippen LogP contribution >= 0.6 is 0 Å². The molecule has 0 heterocycles. The molecule has 2 rings (SSSR count). The highest BCUT2D eigenvalue weighted by molar-refractivity contribution is 5.59. The van der Waals surface area contributed by atoms with Crippen LogP contribution in [0.5, 0.6) is 0 Å². The highest BCUT2D eigenvalue weighted by Crippen LogP contribution is 2.47. The number of carbonyl (C=O) groups excluding carboxylic acids is 1. The van der Waals surface area contributed by atoms with E-state index in [-0.39, 0.29) is 5.92 Å². The maximum atomic E-state index is 11.0. The predicted molar refractivity (Wildman–Crippen MR) is 76.4 cm³/mol. The van der Waals surface area contributed by atoms with Gasteiger partial charge in [-0.2, -0.15) is 0 Å². The van der Waals surface area contributed by atoms with E-state index >= 15 is 0 Å². The van der Waals surface area contributed by atoms with Gasteiger partial charge in [0.05, 0.1) is 0 Å². The number of hydrogen-bond acceptors (Lipinski definition) is 1. The Labute approximate surface area is 111 Å². The van der Waals surface area contributed by atoms with Gasteiger partial charge in [-0.25, -0.2) is 0 Å². The van der Waals surface area contributed by atoms with Crippen LogP contribution in [0.3, 0.4) is 0 Å². The summed E-state index contributed by atoms with van der Waals surface area (Å²) in [4.78, 5) is 11.0. The molecule has 0 saturated heterocycles. The summed E-state index contributed by atoms with van der Waals surface area (Å²) in [6, 6.07) is 0. The molecule has 0 amide bonds. The van der Waals surface area contributed by atoms with Crippen molar-refractivity contribution in [2.24, 2.45) is 17.3 Å². The van der Waals surface area contributed by atoms with E-state index in [9.17, 15) is 4.79 Å². The fourth-order valence-electron chi connectivity index (χ4n) is 3.97. The number of hydrogen-bond donors (Lipinski definition) is 0. The topological polar surface area (TPSA) is 17.1 Å². The number of aldehydes is 1. The molecule has 2 atom stereocenters. The first-order chi connectivity index (χ1) is 8.45. The minimum atomic E-state index is 0.175. The summed E-state index contributed by atoms with van der Waals surface area (Å²) < 4.78 is 0. The second-order valence-corrected chi connectivity index (χ2v) is 6.77. The summed E-state index contributed by atoms with van der Waals surface area (Å²) in [5, 5.41) is 0. The second-order valence-electron chi connectivity index (χ2n) is 6.77. The van der Waals surface area contributed by atoms with Crippen molar-refractivity contribution >= 4 is 6.29 Å². The van der Waals surface area contributed by atoms with Gasteiger partial charge < -0.3 is 4.79 Å². The Morgan fingerprint density at radius 2 is 2.00 bits per heavy atom. The molecule has 1 heteroatoms. The third-order valence-corrected chi connectivity index (χ3v) is 4.92. The number of carbonyl (C=O) groups is 1. The first-order valence-corrected chi connectivity index (χ1v) is 7.29. The van der Waals surface area contributed by atoms with Crippen LogP contribution in [0.4, 0.5) is 0 Å². The lowest BCUT2D eigenvalue weighted by atomic mass is 9.65. The first-order valence-electron chi connectivity index (χ1n) is 7.29. The van der Waals surface area contributed by atoms with E-state index in [1.165, 1.54) is 24.8 Å². The summed E-state index contributed by atoms with van der Waals surface area (Å²) in [7, 11) is 0. The van der Waals surface area contributed by atoms with E-state index in [2.05, 4.69) is 33.8 Å². The molecule has 2 unspecified atom stereocenters. The van der Waals surface area contributed by atoms with Crippen LogP contribution in [0.15, 0.2) is 22.8 Å². The molecule has 0 fully saturated rings. The van der Waals surface area contributed by atoms with Crippen LogP contribution in [0.1, 0.15) is 59.8 Å². The van der Waals surface area contributed by atoms with E-state index in [4.69, 9.17) is 0 Å². The zero-order chi connectivity index (χ0) is 13.3. The van der Waals surface area contributed by atoms with Gasteiger partial charge in [-0.05, 0) is 57.3 Å². The zero-order valence-corrected chi connectivity index (χ0v) is 12.3. The van der Waals surface area contributed by atoms with Crippen LogP contribution in [0.2, 0.25) is 0 Å². The van der Waals surface area contributed by atoms with Gasteiger partial charge in [-0.3, -0.25) is 0 Å². The normalized spacial score (nSPS) is 32.1. The van der Waals surface area contributed by atoms with E-state index in [0.29, 0.717) is 11.3 Å². The lowest BCUT2D eigenvalue weighted by Gasteiger charge is -2.40. The average molecular weight is 246 g/mol. The van der Waals surface area contributed by atoms with Gasteiger partial charge >= 0.3 is 0 Å². The van der Waals surface area contributed by atoms with Crippen molar-refractivity contribution in [1.29, 1.82) is 0 Å². The lowest BCUT2D eigenvalue weighted by Crippen LogP contribution is -2.27. The second kappa shape index (κ2) is 5.03. The summed E-state index contributed by atoms with van der Waals surface area (Å²) in [5.41, 5.74) is 4.89. The third kappa shape index (κ3) is 2.46. The molecule has 100 valence electrons. The molecule has 18 heavy (non-hydrogen) atoms. The molecule has 0 spiro atoms. The highest BCUT2D eigenvalue weighted by atomic mass is 16.1. The number of rotatable bonds is 2. The molecule has 0 bridgehead atoms. The van der Waals surface area contributed by atoms with Crippen molar-refractivity contribution in [2.75, 3.05) is 0 Å². The van der Waals surface area contributed by atoms with Crippen molar-refractivity contribution in [3.8, 4) is 0 Å². The molecular formula is C17H26O. The van der Waals surface area contributed by atoms with Crippen LogP contribution in [-0.4, -0.2) is 6.29 Å². The molecule has 2 aliphatic rings. The molecule has 0 aromatic rings. The van der Waals surface area contributed by atoms with Gasteiger partial charge in [0, 0.05) is 5.92 Å². The minimum absolute atomic E-state index is 0.175.